The van der Waals surface area contributed by atoms with Crippen molar-refractivity contribution in [2.45, 2.75) is 69.3 Å². The zero-order valence-electron chi connectivity index (χ0n) is 18.2. The third kappa shape index (κ3) is 4.83. The Bertz CT molecular complexity index is 842. The van der Waals surface area contributed by atoms with Crippen LogP contribution >= 0.6 is 0 Å². The number of carbonyl (C=O) groups excluding carboxylic acids is 1. The number of piperidine rings is 1. The number of hydrogen-bond acceptors (Lipinski definition) is 4. The fourth-order valence-corrected chi connectivity index (χ4v) is 4.21. The van der Waals surface area contributed by atoms with E-state index in [0.717, 1.165) is 0 Å². The van der Waals surface area contributed by atoms with Gasteiger partial charge in [0.1, 0.15) is 6.10 Å². The first-order valence-corrected chi connectivity index (χ1v) is 10.2. The van der Waals surface area contributed by atoms with Gasteiger partial charge in [-0.15, -0.1) is 0 Å². The van der Waals surface area contributed by atoms with Gasteiger partial charge in [-0.3, -0.25) is 4.90 Å². The Morgan fingerprint density at radius 1 is 1.16 bits per heavy atom. The summed E-state index contributed by atoms with van der Waals surface area (Å²) in [5.74, 6) is 0. The van der Waals surface area contributed by atoms with Gasteiger partial charge in [0, 0.05) is 12.1 Å². The van der Waals surface area contributed by atoms with E-state index < -0.39 is 46.8 Å². The van der Waals surface area contributed by atoms with Gasteiger partial charge in [-0.2, -0.15) is 26.3 Å². The molecular weight excluding hydrogens is 442 g/mol. The van der Waals surface area contributed by atoms with Crippen LogP contribution in [0.4, 0.5) is 31.1 Å². The molecule has 2 heterocycles. The van der Waals surface area contributed by atoms with Gasteiger partial charge in [-0.1, -0.05) is 0 Å². The van der Waals surface area contributed by atoms with Gasteiger partial charge >= 0.3 is 18.4 Å². The third-order valence-electron chi connectivity index (χ3n) is 6.69. The largest absolute Gasteiger partial charge is 0.444 e. The summed E-state index contributed by atoms with van der Waals surface area (Å²) < 4.78 is 89.8. The maximum absolute atomic E-state index is 13.1. The molecule has 1 aromatic rings. The van der Waals surface area contributed by atoms with E-state index in [1.54, 1.807) is 6.92 Å². The molecule has 0 aliphatic carbocycles. The molecule has 2 aliphatic rings. The molecule has 11 heteroatoms. The summed E-state index contributed by atoms with van der Waals surface area (Å²) in [5, 5.41) is 2.86. The molecule has 0 radical (unpaired) electrons. The lowest BCUT2D eigenvalue weighted by Crippen LogP contribution is -2.65. The van der Waals surface area contributed by atoms with Gasteiger partial charge in [0.25, 0.3) is 0 Å². The number of halogens is 6. The van der Waals surface area contributed by atoms with Crippen LogP contribution in [0.5, 0.6) is 0 Å². The molecule has 32 heavy (non-hydrogen) atoms. The molecule has 0 saturated carbocycles. The Balaban J connectivity index is 1.74. The van der Waals surface area contributed by atoms with E-state index in [1.165, 1.54) is 6.92 Å². The van der Waals surface area contributed by atoms with Gasteiger partial charge < -0.3 is 14.8 Å². The molecule has 1 aromatic carbocycles. The van der Waals surface area contributed by atoms with Crippen molar-refractivity contribution in [2.75, 3.05) is 20.2 Å². The highest BCUT2D eigenvalue weighted by molar-refractivity contribution is 5.71. The molecule has 5 nitrogen and oxygen atoms in total. The van der Waals surface area contributed by atoms with Crippen LogP contribution in [-0.4, -0.2) is 48.4 Å². The first-order chi connectivity index (χ1) is 14.6. The van der Waals surface area contributed by atoms with Gasteiger partial charge in [-0.25, -0.2) is 4.79 Å². The number of alkyl halides is 6. The highest BCUT2D eigenvalue weighted by Crippen LogP contribution is 2.40. The number of alkyl carbamates (subject to hydrolysis) is 1. The molecule has 4 atom stereocenters. The summed E-state index contributed by atoms with van der Waals surface area (Å²) in [6.07, 6.45) is -10.4. The quantitative estimate of drug-likeness (QED) is 0.621. The Hall–Kier alpha value is -2.01. The second-order valence-electron chi connectivity index (χ2n) is 8.97. The Labute approximate surface area is 182 Å². The number of hydrogen-bond donors (Lipinski definition) is 1. The molecule has 180 valence electrons. The topological polar surface area (TPSA) is 50.8 Å². The van der Waals surface area contributed by atoms with Crippen LogP contribution in [0.3, 0.4) is 0 Å². The number of amides is 1. The van der Waals surface area contributed by atoms with Crippen molar-refractivity contribution in [3.05, 3.63) is 34.9 Å². The number of nitrogens with zero attached hydrogens (tertiary/aromatic N) is 1. The average molecular weight is 468 g/mol. The number of likely N-dealkylation sites (N-methyl/N-ethyl adjacent to an activating group) is 1. The SMILES string of the molecule is CC1OC(=O)NC12CC[C@](C)(CO[C@H](C)c1cc(C(F)(F)F)cc(C(F)(F)F)c1)N(C)C2. The van der Waals surface area contributed by atoms with Crippen LogP contribution in [0.25, 0.3) is 0 Å². The van der Waals surface area contributed by atoms with Crippen molar-refractivity contribution in [1.29, 1.82) is 0 Å². The van der Waals surface area contributed by atoms with Crippen LogP contribution in [0.2, 0.25) is 0 Å². The minimum Gasteiger partial charge on any atom is -0.444 e. The normalized spacial score (nSPS) is 30.3. The maximum Gasteiger partial charge on any atom is 0.416 e. The molecule has 1 N–H and O–H groups in total. The van der Waals surface area contributed by atoms with Crippen LogP contribution < -0.4 is 5.32 Å². The van der Waals surface area contributed by atoms with Gasteiger partial charge in [-0.05, 0) is 64.4 Å². The standard InChI is InChI=1S/C21H26F6N2O3/c1-12(14-7-15(20(22,23)24)9-16(8-14)21(25,26)27)31-11-18(3)5-6-19(10-29(18)4)13(2)32-17(30)28-19/h7-9,12-13H,5-6,10-11H2,1-4H3,(H,28,30)/t12-,13?,18-,19?/m1/s1. The first-order valence-electron chi connectivity index (χ1n) is 10.2. The zero-order chi connectivity index (χ0) is 24.1. The second kappa shape index (κ2) is 8.09. The van der Waals surface area contributed by atoms with Gasteiger partial charge in [0.05, 0.1) is 29.4 Å². The molecule has 2 aliphatic heterocycles. The Kier molecular flexibility index (Phi) is 6.23. The van der Waals surface area contributed by atoms with Gasteiger partial charge in [0.2, 0.25) is 0 Å². The molecule has 2 saturated heterocycles. The van der Waals surface area contributed by atoms with E-state index >= 15 is 0 Å². The Morgan fingerprint density at radius 2 is 1.72 bits per heavy atom. The number of cyclic esters (lactones) is 1. The number of benzene rings is 1. The molecule has 2 fully saturated rings. The van der Waals surface area contributed by atoms with E-state index in [9.17, 15) is 31.1 Å². The van der Waals surface area contributed by atoms with E-state index in [2.05, 4.69) is 5.32 Å². The lowest BCUT2D eigenvalue weighted by atomic mass is 9.77. The predicted molar refractivity (Wildman–Crippen MR) is 103 cm³/mol. The summed E-state index contributed by atoms with van der Waals surface area (Å²) in [6.45, 7) is 5.69. The number of nitrogens with one attached hydrogen (secondary N) is 1. The van der Waals surface area contributed by atoms with Crippen molar-refractivity contribution in [2.24, 2.45) is 0 Å². The van der Waals surface area contributed by atoms with Crippen LogP contribution in [0.1, 0.15) is 56.4 Å². The summed E-state index contributed by atoms with van der Waals surface area (Å²) in [7, 11) is 1.83. The molecular formula is C21H26F6N2O3. The summed E-state index contributed by atoms with van der Waals surface area (Å²) in [5.41, 5.74) is -4.00. The minimum absolute atomic E-state index is 0.0848. The highest BCUT2D eigenvalue weighted by Gasteiger charge is 2.52. The fourth-order valence-electron chi connectivity index (χ4n) is 4.21. The zero-order valence-corrected chi connectivity index (χ0v) is 18.2. The molecule has 1 spiro atoms. The fraction of sp³-hybridized carbons (Fsp3) is 0.667. The third-order valence-corrected chi connectivity index (χ3v) is 6.69. The van der Waals surface area contributed by atoms with Crippen molar-refractivity contribution in [1.82, 2.24) is 10.2 Å². The van der Waals surface area contributed by atoms with Crippen molar-refractivity contribution in [3.8, 4) is 0 Å². The summed E-state index contributed by atoms with van der Waals surface area (Å²) in [6, 6.07) is 1.48. The first kappa shape index (κ1) is 24.6. The Morgan fingerprint density at radius 3 is 2.16 bits per heavy atom. The summed E-state index contributed by atoms with van der Waals surface area (Å²) >= 11 is 0. The number of likely N-dealkylation sites (tertiary alicyclic amines) is 1. The highest BCUT2D eigenvalue weighted by atomic mass is 19.4. The molecule has 1 amide bonds. The molecule has 3 rings (SSSR count). The number of carbonyl (C=O) groups is 1. The van der Waals surface area contributed by atoms with E-state index in [4.69, 9.17) is 9.47 Å². The lowest BCUT2D eigenvalue weighted by Gasteiger charge is -2.50. The smallest absolute Gasteiger partial charge is 0.416 e. The van der Waals surface area contributed by atoms with Crippen LogP contribution in [0.15, 0.2) is 18.2 Å². The van der Waals surface area contributed by atoms with Gasteiger partial charge in [0.15, 0.2) is 0 Å². The predicted octanol–water partition coefficient (Wildman–Crippen LogP) is 5.15. The molecule has 0 aromatic heterocycles. The number of ether oxygens (including phenoxy) is 2. The second-order valence-corrected chi connectivity index (χ2v) is 8.97. The van der Waals surface area contributed by atoms with E-state index in [-0.39, 0.29) is 24.3 Å². The average Bonchev–Trinajstić information content (AvgIpc) is 2.94. The van der Waals surface area contributed by atoms with Crippen LogP contribution in [-0.2, 0) is 21.8 Å². The molecule has 2 unspecified atom stereocenters. The van der Waals surface area contributed by atoms with Crippen molar-refractivity contribution >= 4 is 6.09 Å². The molecule has 0 bridgehead atoms. The maximum atomic E-state index is 13.1. The van der Waals surface area contributed by atoms with E-state index in [1.807, 2.05) is 18.9 Å². The van der Waals surface area contributed by atoms with Crippen LogP contribution in [0, 0.1) is 0 Å². The van der Waals surface area contributed by atoms with E-state index in [0.29, 0.717) is 31.5 Å². The van der Waals surface area contributed by atoms with Crippen molar-refractivity contribution in [3.63, 3.8) is 0 Å². The van der Waals surface area contributed by atoms with Crippen molar-refractivity contribution < 1.29 is 40.6 Å². The lowest BCUT2D eigenvalue weighted by molar-refractivity contribution is -0.143. The minimum atomic E-state index is -4.91. The number of rotatable bonds is 4. The monoisotopic (exact) mass is 468 g/mol. The summed E-state index contributed by atoms with van der Waals surface area (Å²) in [4.78, 5) is 13.6.